The number of carboxylic acids is 2. The molecule has 3 N–H and O–H groups in total. The molecule has 0 unspecified atom stereocenters. The number of rotatable bonds is 10. The van der Waals surface area contributed by atoms with Gasteiger partial charge < -0.3 is 19.9 Å². The molecule has 4 rings (SSSR count). The highest BCUT2D eigenvalue weighted by molar-refractivity contribution is 7.89. The number of hydrogen-bond acceptors (Lipinski definition) is 9. The number of likely N-dealkylation sites (N-methyl/N-ethyl adjacent to an activating group) is 1. The van der Waals surface area contributed by atoms with Gasteiger partial charge in [0.1, 0.15) is 17.1 Å². The number of hydrogen-bond donors (Lipinski definition) is 3. The molecule has 15 heteroatoms. The third-order valence-electron chi connectivity index (χ3n) is 7.27. The second-order valence-corrected chi connectivity index (χ2v) is 12.4. The number of carboxylic acid groups (broad SMARTS) is 2. The number of aryl methyl sites for hydroxylation is 2. The number of aromatic nitrogens is 4. The van der Waals surface area contributed by atoms with E-state index in [0.717, 1.165) is 12.1 Å². The molecule has 1 aromatic carbocycles. The van der Waals surface area contributed by atoms with Crippen LogP contribution in [-0.4, -0.2) is 98.4 Å². The summed E-state index contributed by atoms with van der Waals surface area (Å²) >= 11 is 0. The van der Waals surface area contributed by atoms with Crippen LogP contribution in [0.4, 0.5) is 0 Å². The van der Waals surface area contributed by atoms with Gasteiger partial charge >= 0.3 is 11.9 Å². The molecule has 0 radical (unpaired) electrons. The van der Waals surface area contributed by atoms with E-state index in [1.165, 1.54) is 8.99 Å². The van der Waals surface area contributed by atoms with Crippen LogP contribution in [0, 0.1) is 0 Å². The van der Waals surface area contributed by atoms with Gasteiger partial charge in [0.25, 0.3) is 5.56 Å². The summed E-state index contributed by atoms with van der Waals surface area (Å²) in [6.45, 7) is 9.12. The molecule has 2 aromatic heterocycles. The highest BCUT2D eigenvalue weighted by atomic mass is 32.2. The summed E-state index contributed by atoms with van der Waals surface area (Å²) in [6, 6.07) is 4.93. The molecular weight excluding hydrogens is 580 g/mol. The van der Waals surface area contributed by atoms with Gasteiger partial charge in [-0.3, -0.25) is 24.0 Å². The van der Waals surface area contributed by atoms with E-state index in [2.05, 4.69) is 15.0 Å². The minimum atomic E-state index is -3.76. The van der Waals surface area contributed by atoms with Gasteiger partial charge in [0.15, 0.2) is 5.52 Å². The van der Waals surface area contributed by atoms with Crippen LogP contribution in [0.5, 0.6) is 5.75 Å². The normalized spacial score (nSPS) is 17.8. The van der Waals surface area contributed by atoms with Crippen LogP contribution < -0.4 is 10.3 Å². The van der Waals surface area contributed by atoms with Gasteiger partial charge in [-0.2, -0.15) is 9.40 Å². The third kappa shape index (κ3) is 7.77. The number of H-pyrrole nitrogens is 1. The summed E-state index contributed by atoms with van der Waals surface area (Å²) in [6.07, 6.45) is 0.945. The lowest BCUT2D eigenvalue weighted by atomic mass is 10.1. The second-order valence-electron chi connectivity index (χ2n) is 10.5. The molecule has 0 aliphatic carbocycles. The number of nitrogens with one attached hydrogen (secondary N) is 1. The van der Waals surface area contributed by atoms with Crippen LogP contribution in [0.15, 0.2) is 27.9 Å². The molecule has 0 bridgehead atoms. The second kappa shape index (κ2) is 14.1. The molecule has 14 nitrogen and oxygen atoms in total. The zero-order valence-electron chi connectivity index (χ0n) is 25.3. The lowest BCUT2D eigenvalue weighted by Gasteiger charge is -2.41. The van der Waals surface area contributed by atoms with Crippen molar-refractivity contribution in [1.82, 2.24) is 29.0 Å². The monoisotopic (exact) mass is 620 g/mol. The molecule has 3 aromatic rings. The highest BCUT2D eigenvalue weighted by Gasteiger charge is 2.35. The largest absolute Gasteiger partial charge is 0.493 e. The van der Waals surface area contributed by atoms with Gasteiger partial charge in [0.05, 0.1) is 35.6 Å². The Labute approximate surface area is 250 Å². The lowest BCUT2D eigenvalue weighted by molar-refractivity contribution is -0.143. The van der Waals surface area contributed by atoms with Crippen LogP contribution in [0.1, 0.15) is 52.7 Å². The predicted octanol–water partition coefficient (Wildman–Crippen LogP) is 2.32. The zero-order chi connectivity index (χ0) is 32.1. The van der Waals surface area contributed by atoms with Crippen molar-refractivity contribution in [2.24, 2.45) is 7.05 Å². The first-order chi connectivity index (χ1) is 20.2. The summed E-state index contributed by atoms with van der Waals surface area (Å²) in [4.78, 5) is 42.1. The van der Waals surface area contributed by atoms with Gasteiger partial charge in [0.2, 0.25) is 10.0 Å². The quantitative estimate of drug-likeness (QED) is 0.302. The third-order valence-corrected chi connectivity index (χ3v) is 9.10. The molecule has 0 amide bonds. The van der Waals surface area contributed by atoms with Crippen molar-refractivity contribution in [3.63, 3.8) is 0 Å². The fraction of sp³-hybridized carbons (Fsp3) is 0.536. The lowest BCUT2D eigenvalue weighted by Crippen LogP contribution is -2.56. The first-order valence-electron chi connectivity index (χ1n) is 14.1. The molecule has 0 saturated carbocycles. The molecular formula is C28H40N6O8S. The molecule has 0 spiro atoms. The average molecular weight is 621 g/mol. The van der Waals surface area contributed by atoms with E-state index in [9.17, 15) is 22.8 Å². The summed E-state index contributed by atoms with van der Waals surface area (Å²) in [5.41, 5.74) is 1.73. The Morgan fingerprint density at radius 3 is 2.21 bits per heavy atom. The average Bonchev–Trinajstić information content (AvgIpc) is 3.26. The van der Waals surface area contributed by atoms with Crippen molar-refractivity contribution in [2.75, 3.05) is 26.7 Å². The number of benzene rings is 1. The molecule has 236 valence electrons. The fourth-order valence-electron chi connectivity index (χ4n) is 4.83. The molecule has 1 saturated heterocycles. The maximum absolute atomic E-state index is 13.6. The van der Waals surface area contributed by atoms with Gasteiger partial charge in [0, 0.05) is 32.2 Å². The van der Waals surface area contributed by atoms with Crippen molar-refractivity contribution in [3.05, 3.63) is 34.2 Å². The van der Waals surface area contributed by atoms with E-state index >= 15 is 0 Å². The van der Waals surface area contributed by atoms with Crippen LogP contribution in [0.2, 0.25) is 0 Å². The zero-order valence-corrected chi connectivity index (χ0v) is 26.1. The smallest absolute Gasteiger partial charge is 0.303 e. The van der Waals surface area contributed by atoms with E-state index in [1.54, 1.807) is 25.2 Å². The predicted molar refractivity (Wildman–Crippen MR) is 160 cm³/mol. The highest BCUT2D eigenvalue weighted by Crippen LogP contribution is 2.33. The standard InChI is InChI=1S/C24H34N6O4S.C4H6O4/c1-7-9-19-21-22(29(6)27-19)24(31)26-23(25-21)18-12-17(10-11-20(18)34-8-2)35(32,33)30-13-15(3)28(5)16(4)14-30;5-3(6)1-2-4(7)8/h10-12,15-16H,7-9,13-14H2,1-6H3,(H,25,26,31);1-2H2,(H,5,6)(H,7,8)/t15-,16+;. The van der Waals surface area contributed by atoms with Crippen molar-refractivity contribution in [1.29, 1.82) is 0 Å². The van der Waals surface area contributed by atoms with Crippen LogP contribution in [-0.2, 0) is 33.1 Å². The molecule has 2 atom stereocenters. The van der Waals surface area contributed by atoms with Crippen molar-refractivity contribution in [2.45, 2.75) is 70.4 Å². The van der Waals surface area contributed by atoms with Gasteiger partial charge in [-0.15, -0.1) is 0 Å². The van der Waals surface area contributed by atoms with Crippen molar-refractivity contribution < 1.29 is 33.0 Å². The molecule has 1 aliphatic rings. The summed E-state index contributed by atoms with van der Waals surface area (Å²) in [5, 5.41) is 20.3. The Bertz CT molecular complexity index is 1610. The number of aromatic amines is 1. The van der Waals surface area contributed by atoms with Crippen LogP contribution in [0.25, 0.3) is 22.4 Å². The topological polar surface area (TPSA) is 188 Å². The molecule has 3 heterocycles. The maximum atomic E-state index is 13.6. The van der Waals surface area contributed by atoms with Crippen LogP contribution >= 0.6 is 0 Å². The van der Waals surface area contributed by atoms with Crippen molar-refractivity contribution in [3.8, 4) is 17.1 Å². The van der Waals surface area contributed by atoms with E-state index in [-0.39, 0.29) is 41.2 Å². The Balaban J connectivity index is 0.000000557. The number of nitrogens with zero attached hydrogens (tertiary/aromatic N) is 5. The van der Waals surface area contributed by atoms with Gasteiger partial charge in [-0.1, -0.05) is 13.3 Å². The van der Waals surface area contributed by atoms with E-state index in [0.29, 0.717) is 48.5 Å². The minimum Gasteiger partial charge on any atom is -0.493 e. The fourth-order valence-corrected chi connectivity index (χ4v) is 6.46. The number of sulfonamides is 1. The van der Waals surface area contributed by atoms with E-state index in [4.69, 9.17) is 19.9 Å². The number of carbonyl (C=O) groups is 2. The first kappa shape index (κ1) is 33.7. The Hall–Kier alpha value is -3.82. The van der Waals surface area contributed by atoms with Gasteiger partial charge in [-0.25, -0.2) is 13.4 Å². The molecule has 1 fully saturated rings. The molecule has 43 heavy (non-hydrogen) atoms. The Kier molecular flexibility index (Phi) is 11.0. The van der Waals surface area contributed by atoms with E-state index in [1.807, 2.05) is 34.7 Å². The summed E-state index contributed by atoms with van der Waals surface area (Å²) in [7, 11) is -0.0351. The first-order valence-corrected chi connectivity index (χ1v) is 15.5. The van der Waals surface area contributed by atoms with Crippen LogP contribution in [0.3, 0.4) is 0 Å². The number of ether oxygens (including phenoxy) is 1. The molecule has 1 aliphatic heterocycles. The summed E-state index contributed by atoms with van der Waals surface area (Å²) < 4.78 is 36.1. The van der Waals surface area contributed by atoms with Gasteiger partial charge in [-0.05, 0) is 52.4 Å². The number of piperazine rings is 1. The Morgan fingerprint density at radius 2 is 1.67 bits per heavy atom. The minimum absolute atomic E-state index is 0.0960. The number of fused-ring (bicyclic) bond motifs is 1. The van der Waals surface area contributed by atoms with E-state index < -0.39 is 22.0 Å². The summed E-state index contributed by atoms with van der Waals surface area (Å²) in [5.74, 6) is -1.44. The SMILES string of the molecule is CCCc1nn(C)c2c(=O)[nH]c(-c3cc(S(=O)(=O)N4C[C@@H](C)N(C)[C@@H](C)C4)ccc3OCC)nc12.O=C(O)CCC(=O)O. The Morgan fingerprint density at radius 1 is 1.07 bits per heavy atom. The maximum Gasteiger partial charge on any atom is 0.303 e. The van der Waals surface area contributed by atoms with Crippen molar-refractivity contribution >= 4 is 33.0 Å². The number of aliphatic carboxylic acids is 2.